The standard InChI is InChI=1S/C24H33NO4S/c1-7-9-14-28-22-15-19(3)24(20(4)16-22)29-18-30(6,26,8-2)23-12-10-21(11-13-23)17-25-27-5/h7,9-13,15-17H,8,14,18H2,1-6H3/b9-7+,25-17+. The highest BCUT2D eigenvalue weighted by Gasteiger charge is 2.33. The van der Waals surface area contributed by atoms with Gasteiger partial charge in [0, 0.05) is 10.6 Å². The summed E-state index contributed by atoms with van der Waals surface area (Å²) < 4.78 is 26.0. The Hall–Kier alpha value is -2.60. The van der Waals surface area contributed by atoms with Crippen LogP contribution in [0.5, 0.6) is 11.5 Å². The number of rotatable bonds is 10. The first-order valence-corrected chi connectivity index (χ1v) is 12.7. The van der Waals surface area contributed by atoms with Crippen LogP contribution in [0.4, 0.5) is 0 Å². The van der Waals surface area contributed by atoms with E-state index in [1.54, 1.807) is 6.21 Å². The lowest BCUT2D eigenvalue weighted by atomic mass is 10.1. The zero-order chi connectivity index (χ0) is 22.2. The molecule has 164 valence electrons. The highest BCUT2D eigenvalue weighted by atomic mass is 32.3. The fourth-order valence-electron chi connectivity index (χ4n) is 3.04. The molecule has 5 nitrogen and oxygen atoms in total. The van der Waals surface area contributed by atoms with E-state index in [2.05, 4.69) is 5.16 Å². The van der Waals surface area contributed by atoms with Crippen LogP contribution in [0.3, 0.4) is 0 Å². The smallest absolute Gasteiger partial charge is 0.147 e. The van der Waals surface area contributed by atoms with Gasteiger partial charge in [-0.2, -0.15) is 0 Å². The quantitative estimate of drug-likeness (QED) is 0.298. The first-order valence-electron chi connectivity index (χ1n) is 9.98. The second-order valence-electron chi connectivity index (χ2n) is 7.56. The van der Waals surface area contributed by atoms with Gasteiger partial charge in [-0.05, 0) is 77.0 Å². The van der Waals surface area contributed by atoms with Gasteiger partial charge in [-0.1, -0.05) is 36.4 Å². The molecule has 0 N–H and O–H groups in total. The van der Waals surface area contributed by atoms with Crippen LogP contribution >= 0.6 is 0 Å². The van der Waals surface area contributed by atoms with E-state index in [1.807, 2.05) is 82.5 Å². The van der Waals surface area contributed by atoms with E-state index in [9.17, 15) is 4.21 Å². The van der Waals surface area contributed by atoms with Gasteiger partial charge in [0.25, 0.3) is 0 Å². The Morgan fingerprint density at radius 2 is 1.70 bits per heavy atom. The lowest BCUT2D eigenvalue weighted by molar-refractivity contribution is 0.215. The van der Waals surface area contributed by atoms with Crippen molar-refractivity contribution in [1.82, 2.24) is 0 Å². The second kappa shape index (κ2) is 9.94. The van der Waals surface area contributed by atoms with Crippen LogP contribution in [-0.4, -0.2) is 42.1 Å². The number of hydrogen-bond acceptors (Lipinski definition) is 5. The molecule has 0 atom stereocenters. The van der Waals surface area contributed by atoms with E-state index in [0.717, 1.165) is 33.1 Å². The van der Waals surface area contributed by atoms with Crippen LogP contribution < -0.4 is 9.47 Å². The summed E-state index contributed by atoms with van der Waals surface area (Å²) in [6, 6.07) is 11.5. The van der Waals surface area contributed by atoms with Crippen LogP contribution in [0.1, 0.15) is 30.5 Å². The molecule has 0 saturated heterocycles. The average molecular weight is 432 g/mol. The normalized spacial score (nSPS) is 13.3. The lowest BCUT2D eigenvalue weighted by Crippen LogP contribution is -2.40. The molecule has 0 fully saturated rings. The Labute approximate surface area is 180 Å². The maximum atomic E-state index is 14.1. The predicted octanol–water partition coefficient (Wildman–Crippen LogP) is 5.10. The first-order chi connectivity index (χ1) is 14.2. The maximum absolute atomic E-state index is 14.1. The lowest BCUT2D eigenvalue weighted by Gasteiger charge is -2.37. The average Bonchev–Trinajstić information content (AvgIpc) is 2.72. The van der Waals surface area contributed by atoms with E-state index in [0.29, 0.717) is 12.4 Å². The number of allylic oxidation sites excluding steroid dienone is 1. The monoisotopic (exact) mass is 431 g/mol. The van der Waals surface area contributed by atoms with E-state index in [-0.39, 0.29) is 5.94 Å². The van der Waals surface area contributed by atoms with Gasteiger partial charge in [-0.15, -0.1) is 0 Å². The Morgan fingerprint density at radius 1 is 1.07 bits per heavy atom. The molecule has 0 spiro atoms. The zero-order valence-corrected chi connectivity index (χ0v) is 19.6. The Kier molecular flexibility index (Phi) is 7.84. The third kappa shape index (κ3) is 5.72. The van der Waals surface area contributed by atoms with Gasteiger partial charge >= 0.3 is 0 Å². The van der Waals surface area contributed by atoms with Crippen molar-refractivity contribution >= 4 is 15.3 Å². The molecule has 0 aliphatic rings. The molecule has 2 aromatic rings. The van der Waals surface area contributed by atoms with E-state index < -0.39 is 9.07 Å². The molecule has 0 aromatic heterocycles. The van der Waals surface area contributed by atoms with Gasteiger partial charge in [-0.25, -0.2) is 0 Å². The van der Waals surface area contributed by atoms with Crippen LogP contribution in [0, 0.1) is 13.8 Å². The first kappa shape index (κ1) is 23.7. The van der Waals surface area contributed by atoms with Crippen molar-refractivity contribution in [3.63, 3.8) is 0 Å². The van der Waals surface area contributed by atoms with Gasteiger partial charge in [0.2, 0.25) is 0 Å². The topological polar surface area (TPSA) is 57.1 Å². The fourth-order valence-corrected chi connectivity index (χ4v) is 5.01. The van der Waals surface area contributed by atoms with Crippen LogP contribution in [0.2, 0.25) is 0 Å². The van der Waals surface area contributed by atoms with Crippen molar-refractivity contribution in [2.24, 2.45) is 5.16 Å². The largest absolute Gasteiger partial charge is 0.490 e. The van der Waals surface area contributed by atoms with Gasteiger partial charge < -0.3 is 14.3 Å². The summed E-state index contributed by atoms with van der Waals surface area (Å²) in [7, 11) is -1.71. The molecule has 0 bridgehead atoms. The van der Waals surface area contributed by atoms with Crippen molar-refractivity contribution in [2.45, 2.75) is 32.6 Å². The van der Waals surface area contributed by atoms with Gasteiger partial charge in [-0.3, -0.25) is 4.21 Å². The van der Waals surface area contributed by atoms with Crippen molar-refractivity contribution < 1.29 is 18.5 Å². The maximum Gasteiger partial charge on any atom is 0.147 e. The molecular formula is C24H33NO4S. The Bertz CT molecular complexity index is 956. The molecule has 0 amide bonds. The molecule has 0 saturated carbocycles. The Morgan fingerprint density at radius 3 is 2.23 bits per heavy atom. The molecular weight excluding hydrogens is 398 g/mol. The highest BCUT2D eigenvalue weighted by Crippen LogP contribution is 2.36. The molecule has 0 unspecified atom stereocenters. The molecule has 0 aliphatic heterocycles. The summed E-state index contributed by atoms with van der Waals surface area (Å²) in [4.78, 5) is 5.50. The molecule has 30 heavy (non-hydrogen) atoms. The van der Waals surface area contributed by atoms with Crippen LogP contribution in [-0.2, 0) is 13.9 Å². The summed E-state index contributed by atoms with van der Waals surface area (Å²) in [5.41, 5.74) is 2.80. The molecule has 0 heterocycles. The molecule has 2 rings (SSSR count). The summed E-state index contributed by atoms with van der Waals surface area (Å²) in [5, 5.41) is 3.76. The SMILES string of the molecule is C/C=C/COc1cc(C)c(OCS(C)(=O)(CC)c2ccc(/C=N/OC)cc2)c(C)c1. The van der Waals surface area contributed by atoms with Gasteiger partial charge in [0.15, 0.2) is 0 Å². The van der Waals surface area contributed by atoms with E-state index in [1.165, 1.54) is 7.11 Å². The molecule has 0 aliphatic carbocycles. The fraction of sp³-hybridized carbons (Fsp3) is 0.375. The summed E-state index contributed by atoms with van der Waals surface area (Å²) in [6.07, 6.45) is 7.34. The number of benzene rings is 2. The Balaban J connectivity index is 2.24. The van der Waals surface area contributed by atoms with Crippen LogP contribution in [0.25, 0.3) is 0 Å². The minimum atomic E-state index is -3.21. The second-order valence-corrected chi connectivity index (χ2v) is 12.4. The molecule has 0 radical (unpaired) electrons. The van der Waals surface area contributed by atoms with Gasteiger partial charge in [0.1, 0.15) is 31.2 Å². The van der Waals surface area contributed by atoms with E-state index in [4.69, 9.17) is 14.3 Å². The van der Waals surface area contributed by atoms with Crippen LogP contribution in [0.15, 0.2) is 58.6 Å². The third-order valence-corrected chi connectivity index (χ3v) is 8.98. The summed E-state index contributed by atoms with van der Waals surface area (Å²) in [5.74, 6) is 2.17. The minimum Gasteiger partial charge on any atom is -0.490 e. The van der Waals surface area contributed by atoms with Crippen molar-refractivity contribution in [1.29, 1.82) is 0 Å². The number of nitrogens with zero attached hydrogens (tertiary/aromatic N) is 1. The van der Waals surface area contributed by atoms with Crippen molar-refractivity contribution in [2.75, 3.05) is 31.7 Å². The number of hydrogen-bond donors (Lipinski definition) is 0. The minimum absolute atomic E-state index is 0.125. The zero-order valence-electron chi connectivity index (χ0n) is 18.8. The highest BCUT2D eigenvalue weighted by molar-refractivity contribution is 8.19. The van der Waals surface area contributed by atoms with E-state index >= 15 is 0 Å². The molecule has 6 heteroatoms. The summed E-state index contributed by atoms with van der Waals surface area (Å²) >= 11 is 0. The van der Waals surface area contributed by atoms with Crippen molar-refractivity contribution in [3.8, 4) is 11.5 Å². The van der Waals surface area contributed by atoms with Crippen molar-refractivity contribution in [3.05, 3.63) is 65.2 Å². The van der Waals surface area contributed by atoms with Gasteiger partial charge in [0.05, 0.1) is 6.21 Å². The number of oxime groups is 1. The number of aryl methyl sites for hydroxylation is 2. The predicted molar refractivity (Wildman–Crippen MR) is 126 cm³/mol. The third-order valence-electron chi connectivity index (χ3n) is 5.13. The number of ether oxygens (including phenoxy) is 2. The molecule has 2 aromatic carbocycles. The summed E-state index contributed by atoms with van der Waals surface area (Å²) in [6.45, 7) is 8.39.